The third-order valence-corrected chi connectivity index (χ3v) is 6.47. The Labute approximate surface area is 238 Å². The van der Waals surface area contributed by atoms with Crippen molar-refractivity contribution < 1.29 is 13.9 Å². The number of ether oxygens (including phenoxy) is 1. The number of benzene rings is 1. The number of fused-ring (bicyclic) bond motifs is 1. The van der Waals surface area contributed by atoms with Crippen LogP contribution in [0.4, 0.5) is 26.8 Å². The van der Waals surface area contributed by atoms with Crippen molar-refractivity contribution in [2.75, 3.05) is 36.8 Å². The van der Waals surface area contributed by atoms with Crippen LogP contribution in [0, 0.1) is 5.82 Å². The highest BCUT2D eigenvalue weighted by Gasteiger charge is 2.26. The number of hydrogen-bond donors (Lipinski definition) is 3. The van der Waals surface area contributed by atoms with Gasteiger partial charge in [0.1, 0.15) is 23.4 Å². The molecule has 216 valence electrons. The summed E-state index contributed by atoms with van der Waals surface area (Å²) in [6.07, 6.45) is 2.85. The van der Waals surface area contributed by atoms with Crippen LogP contribution in [-0.2, 0) is 11.3 Å². The molecule has 0 bridgehead atoms. The van der Waals surface area contributed by atoms with Crippen molar-refractivity contribution in [2.24, 2.45) is 0 Å². The monoisotopic (exact) mass is 561 g/mol. The summed E-state index contributed by atoms with van der Waals surface area (Å²) in [6.45, 7) is 13.0. The molecule has 1 fully saturated rings. The molecule has 0 saturated carbocycles. The lowest BCUT2D eigenvalue weighted by molar-refractivity contribution is 0.0139. The zero-order valence-electron chi connectivity index (χ0n) is 24.0. The number of imidazole rings is 1. The first-order chi connectivity index (χ1) is 19.5. The molecular formula is C29H36FN9O2. The lowest BCUT2D eigenvalue weighted by atomic mass is 10.1. The highest BCUT2D eigenvalue weighted by molar-refractivity contribution is 5.83. The van der Waals surface area contributed by atoms with Gasteiger partial charge in [-0.1, -0.05) is 6.07 Å². The van der Waals surface area contributed by atoms with E-state index in [-0.39, 0.29) is 23.6 Å². The van der Waals surface area contributed by atoms with Gasteiger partial charge in [0.2, 0.25) is 5.95 Å². The number of rotatable bonds is 7. The van der Waals surface area contributed by atoms with Crippen LogP contribution in [0.15, 0.2) is 42.9 Å². The molecule has 0 atom stereocenters. The third kappa shape index (κ3) is 7.07. The van der Waals surface area contributed by atoms with Crippen molar-refractivity contribution in [3.63, 3.8) is 0 Å². The standard InChI is InChI=1S/C29H36FN9O2/c1-18(2)34-26-24(30)25(32-17-33-26)20-6-7-21-22(15-20)36-27(35-21)37-23-14-19(8-9-31-23)16-38-10-12-39(13-11-38)28(40)41-29(3,4)5/h6-9,14-15,17-18H,10-13,16H2,1-5H3,(H,32,33,34)(H2,31,35,36,37). The summed E-state index contributed by atoms with van der Waals surface area (Å²) in [5, 5.41) is 6.25. The second kappa shape index (κ2) is 11.7. The van der Waals surface area contributed by atoms with Gasteiger partial charge in [0.15, 0.2) is 11.6 Å². The molecule has 5 rings (SSSR count). The smallest absolute Gasteiger partial charge is 0.410 e. The number of aromatic nitrogens is 5. The lowest BCUT2D eigenvalue weighted by Gasteiger charge is -2.35. The van der Waals surface area contributed by atoms with Gasteiger partial charge < -0.3 is 25.3 Å². The van der Waals surface area contributed by atoms with Gasteiger partial charge in [-0.15, -0.1) is 0 Å². The molecule has 1 amide bonds. The molecule has 4 heterocycles. The summed E-state index contributed by atoms with van der Waals surface area (Å²) in [6, 6.07) is 9.44. The highest BCUT2D eigenvalue weighted by Crippen LogP contribution is 2.28. The van der Waals surface area contributed by atoms with Gasteiger partial charge in [0.25, 0.3) is 0 Å². The van der Waals surface area contributed by atoms with Crippen LogP contribution < -0.4 is 10.6 Å². The van der Waals surface area contributed by atoms with Crippen molar-refractivity contribution >= 4 is 34.7 Å². The first-order valence-corrected chi connectivity index (χ1v) is 13.7. The zero-order valence-corrected chi connectivity index (χ0v) is 24.0. The van der Waals surface area contributed by atoms with E-state index in [1.807, 2.05) is 58.9 Å². The minimum absolute atomic E-state index is 0.0393. The third-order valence-electron chi connectivity index (χ3n) is 6.47. The number of carbonyl (C=O) groups is 1. The fourth-order valence-electron chi connectivity index (χ4n) is 4.60. The second-order valence-electron chi connectivity index (χ2n) is 11.4. The molecule has 1 saturated heterocycles. The van der Waals surface area contributed by atoms with Crippen LogP contribution >= 0.6 is 0 Å². The Morgan fingerprint density at radius 1 is 1.10 bits per heavy atom. The van der Waals surface area contributed by atoms with Crippen LogP contribution in [0.1, 0.15) is 40.2 Å². The molecule has 0 spiro atoms. The van der Waals surface area contributed by atoms with Crippen LogP contribution in [0.25, 0.3) is 22.3 Å². The maximum atomic E-state index is 15.1. The number of amides is 1. The summed E-state index contributed by atoms with van der Waals surface area (Å²) in [5.74, 6) is 0.858. The van der Waals surface area contributed by atoms with Gasteiger partial charge in [-0.25, -0.2) is 29.1 Å². The molecule has 1 aliphatic heterocycles. The van der Waals surface area contributed by atoms with Gasteiger partial charge in [-0.3, -0.25) is 4.90 Å². The molecule has 12 heteroatoms. The van der Waals surface area contributed by atoms with Crippen LogP contribution in [-0.4, -0.2) is 78.6 Å². The van der Waals surface area contributed by atoms with E-state index >= 15 is 4.39 Å². The molecule has 1 aliphatic rings. The predicted molar refractivity (Wildman–Crippen MR) is 156 cm³/mol. The minimum atomic E-state index is -0.500. The van der Waals surface area contributed by atoms with Crippen molar-refractivity contribution in [3.05, 3.63) is 54.2 Å². The number of pyridine rings is 1. The summed E-state index contributed by atoms with van der Waals surface area (Å²) in [5.41, 5.74) is 2.89. The van der Waals surface area contributed by atoms with E-state index in [9.17, 15) is 4.79 Å². The van der Waals surface area contributed by atoms with E-state index in [2.05, 4.69) is 40.5 Å². The highest BCUT2D eigenvalue weighted by atomic mass is 19.1. The minimum Gasteiger partial charge on any atom is -0.444 e. The molecule has 0 radical (unpaired) electrons. The Bertz CT molecular complexity index is 1520. The van der Waals surface area contributed by atoms with Gasteiger partial charge in [-0.2, -0.15) is 0 Å². The second-order valence-corrected chi connectivity index (χ2v) is 11.4. The Hall–Kier alpha value is -4.32. The SMILES string of the molecule is CC(C)Nc1ncnc(-c2ccc3nc(Nc4cc(CN5CCN(C(=O)OC(C)(C)C)CC5)ccn4)[nH]c3c2)c1F. The predicted octanol–water partition coefficient (Wildman–Crippen LogP) is 5.17. The molecule has 0 unspecified atom stereocenters. The average molecular weight is 562 g/mol. The number of anilines is 3. The number of hydrogen-bond acceptors (Lipinski definition) is 9. The van der Waals surface area contributed by atoms with E-state index < -0.39 is 11.4 Å². The molecule has 1 aromatic carbocycles. The van der Waals surface area contributed by atoms with Crippen LogP contribution in [0.3, 0.4) is 0 Å². The Balaban J connectivity index is 1.23. The Morgan fingerprint density at radius 3 is 2.61 bits per heavy atom. The summed E-state index contributed by atoms with van der Waals surface area (Å²) >= 11 is 0. The summed E-state index contributed by atoms with van der Waals surface area (Å²) in [7, 11) is 0. The van der Waals surface area contributed by atoms with Crippen molar-refractivity contribution in [2.45, 2.75) is 52.8 Å². The van der Waals surface area contributed by atoms with Gasteiger partial charge >= 0.3 is 6.09 Å². The molecule has 3 N–H and O–H groups in total. The van der Waals surface area contributed by atoms with Crippen LogP contribution in [0.5, 0.6) is 0 Å². The molecule has 11 nitrogen and oxygen atoms in total. The normalized spacial score (nSPS) is 14.5. The number of nitrogens with zero attached hydrogens (tertiary/aromatic N) is 6. The zero-order chi connectivity index (χ0) is 29.1. The lowest BCUT2D eigenvalue weighted by Crippen LogP contribution is -2.49. The topological polar surface area (TPSA) is 124 Å². The van der Waals surface area contributed by atoms with E-state index in [1.54, 1.807) is 17.2 Å². The number of halogens is 1. The van der Waals surface area contributed by atoms with Crippen molar-refractivity contribution in [1.82, 2.24) is 34.7 Å². The van der Waals surface area contributed by atoms with E-state index in [4.69, 9.17) is 4.74 Å². The number of nitrogens with one attached hydrogen (secondary N) is 3. The maximum Gasteiger partial charge on any atom is 0.410 e. The summed E-state index contributed by atoms with van der Waals surface area (Å²) in [4.78, 5) is 36.9. The van der Waals surface area contributed by atoms with Crippen molar-refractivity contribution in [1.29, 1.82) is 0 Å². The Morgan fingerprint density at radius 2 is 1.88 bits per heavy atom. The molecule has 41 heavy (non-hydrogen) atoms. The maximum absolute atomic E-state index is 15.1. The average Bonchev–Trinajstić information content (AvgIpc) is 3.31. The number of piperazine rings is 1. The first-order valence-electron chi connectivity index (χ1n) is 13.7. The fraction of sp³-hybridized carbons (Fsp3) is 0.414. The molecule has 3 aromatic heterocycles. The largest absolute Gasteiger partial charge is 0.444 e. The summed E-state index contributed by atoms with van der Waals surface area (Å²) < 4.78 is 20.6. The molecular weight excluding hydrogens is 525 g/mol. The number of aromatic amines is 1. The first kappa shape index (κ1) is 28.2. The molecule has 4 aromatic rings. The van der Waals surface area contributed by atoms with E-state index in [0.29, 0.717) is 30.4 Å². The fourth-order valence-corrected chi connectivity index (χ4v) is 4.60. The number of carbonyl (C=O) groups excluding carboxylic acids is 1. The number of H-pyrrole nitrogens is 1. The van der Waals surface area contributed by atoms with E-state index in [1.165, 1.54) is 6.33 Å². The van der Waals surface area contributed by atoms with Crippen LogP contribution in [0.2, 0.25) is 0 Å². The van der Waals surface area contributed by atoms with Gasteiger partial charge in [0, 0.05) is 50.5 Å². The molecule has 0 aliphatic carbocycles. The van der Waals surface area contributed by atoms with Gasteiger partial charge in [-0.05, 0) is 64.4 Å². The Kier molecular flexibility index (Phi) is 8.02. The van der Waals surface area contributed by atoms with Crippen molar-refractivity contribution in [3.8, 4) is 11.3 Å². The van der Waals surface area contributed by atoms with Gasteiger partial charge in [0.05, 0.1) is 11.0 Å². The van der Waals surface area contributed by atoms with E-state index in [0.717, 1.165) is 36.2 Å². The quantitative estimate of drug-likeness (QED) is 0.280.